The van der Waals surface area contributed by atoms with E-state index >= 15 is 0 Å². The van der Waals surface area contributed by atoms with Crippen LogP contribution in [0.15, 0.2) is 0 Å². The summed E-state index contributed by atoms with van der Waals surface area (Å²) in [5.41, 5.74) is 0. The second-order valence-corrected chi connectivity index (χ2v) is 1.41. The van der Waals surface area contributed by atoms with Crippen molar-refractivity contribution < 1.29 is 44.4 Å². The molecule has 0 fully saturated rings. The molecule has 0 aromatic heterocycles. The first-order valence-corrected chi connectivity index (χ1v) is 2.13. The zero-order valence-electron chi connectivity index (χ0n) is 5.07. The number of aliphatic carboxylic acids is 2. The van der Waals surface area contributed by atoms with Gasteiger partial charge in [-0.15, -0.1) is 0 Å². The van der Waals surface area contributed by atoms with E-state index in [4.69, 9.17) is 5.11 Å². The van der Waals surface area contributed by atoms with Crippen molar-refractivity contribution in [2.45, 2.75) is 12.5 Å². The normalized spacial score (nSPS) is 11.3. The van der Waals surface area contributed by atoms with Gasteiger partial charge in [-0.05, 0) is 0 Å². The van der Waals surface area contributed by atoms with Crippen LogP contribution in [-0.2, 0) is 29.1 Å². The van der Waals surface area contributed by atoms with Gasteiger partial charge in [0, 0.05) is 12.4 Å². The van der Waals surface area contributed by atoms with Crippen LogP contribution in [0.4, 0.5) is 0 Å². The smallest absolute Gasteiger partial charge is 0.550 e. The molecule has 0 saturated heterocycles. The largest absolute Gasteiger partial charge is 2.00 e. The predicted octanol–water partition coefficient (Wildman–Crippen LogP) is -3.77. The zero-order chi connectivity index (χ0) is 7.44. The molecule has 1 unspecified atom stereocenters. The Balaban J connectivity index is 0. The first kappa shape index (κ1) is 12.2. The SMILES string of the molecule is O=C([O-])CC(O)C(=O)[O-].[Zn+2]. The van der Waals surface area contributed by atoms with Crippen LogP contribution in [0.3, 0.4) is 0 Å². The molecule has 1 atom stereocenters. The van der Waals surface area contributed by atoms with Crippen molar-refractivity contribution in [3.63, 3.8) is 0 Å². The van der Waals surface area contributed by atoms with Gasteiger partial charge in [0.25, 0.3) is 0 Å². The van der Waals surface area contributed by atoms with E-state index in [1.807, 2.05) is 0 Å². The summed E-state index contributed by atoms with van der Waals surface area (Å²) < 4.78 is 0. The zero-order valence-corrected chi connectivity index (χ0v) is 8.04. The Labute approximate surface area is 69.4 Å². The molecule has 6 heteroatoms. The average molecular weight is 197 g/mol. The fourth-order valence-electron chi connectivity index (χ4n) is 0.241. The van der Waals surface area contributed by atoms with Crippen LogP contribution in [0.5, 0.6) is 0 Å². The average Bonchev–Trinajstić information content (AvgIpc) is 1.63. The maximum absolute atomic E-state index is 9.58. The van der Waals surface area contributed by atoms with Gasteiger partial charge in [0.05, 0.1) is 12.1 Å². The number of aliphatic hydroxyl groups excluding tert-OH is 1. The van der Waals surface area contributed by atoms with Crippen LogP contribution in [-0.4, -0.2) is 23.1 Å². The number of carbonyl (C=O) groups is 2. The standard InChI is InChI=1S/C4H6O5.Zn/c5-2(4(8)9)1-3(6)7;/h2,5H,1H2,(H,6,7)(H,8,9);/q;+2/p-2. The number of rotatable bonds is 3. The second-order valence-electron chi connectivity index (χ2n) is 1.41. The van der Waals surface area contributed by atoms with Crippen LogP contribution in [0.2, 0.25) is 0 Å². The predicted molar refractivity (Wildman–Crippen MR) is 20.6 cm³/mol. The fraction of sp³-hybridized carbons (Fsp3) is 0.500. The molecule has 0 heterocycles. The van der Waals surface area contributed by atoms with Crippen molar-refractivity contribution in [2.24, 2.45) is 0 Å². The molecule has 0 aromatic rings. The number of carboxylic acid groups (broad SMARTS) is 2. The van der Waals surface area contributed by atoms with Crippen molar-refractivity contribution in [2.75, 3.05) is 0 Å². The molecule has 0 aromatic carbocycles. The van der Waals surface area contributed by atoms with Gasteiger partial charge in [-0.2, -0.15) is 0 Å². The molecule has 5 nitrogen and oxygen atoms in total. The molecule has 10 heavy (non-hydrogen) atoms. The minimum Gasteiger partial charge on any atom is -0.550 e. The molecule has 0 aliphatic heterocycles. The molecular weight excluding hydrogens is 193 g/mol. The van der Waals surface area contributed by atoms with E-state index in [2.05, 4.69) is 0 Å². The number of aliphatic hydroxyl groups is 1. The molecule has 0 radical (unpaired) electrons. The molecule has 1 N–H and O–H groups in total. The van der Waals surface area contributed by atoms with E-state index in [9.17, 15) is 19.8 Å². The van der Waals surface area contributed by atoms with Crippen LogP contribution < -0.4 is 10.2 Å². The third-order valence-electron chi connectivity index (χ3n) is 0.632. The first-order chi connectivity index (χ1) is 4.04. The maximum atomic E-state index is 9.58. The summed E-state index contributed by atoms with van der Waals surface area (Å²) in [4.78, 5) is 19.1. The van der Waals surface area contributed by atoms with Crippen molar-refractivity contribution in [1.29, 1.82) is 0 Å². The van der Waals surface area contributed by atoms with Gasteiger partial charge in [-0.3, -0.25) is 0 Å². The van der Waals surface area contributed by atoms with Gasteiger partial charge in [-0.1, -0.05) is 0 Å². The van der Waals surface area contributed by atoms with Crippen LogP contribution in [0.25, 0.3) is 0 Å². The number of carboxylic acids is 2. The van der Waals surface area contributed by atoms with Gasteiger partial charge < -0.3 is 24.9 Å². The third-order valence-corrected chi connectivity index (χ3v) is 0.632. The van der Waals surface area contributed by atoms with Gasteiger partial charge in [-0.25, -0.2) is 0 Å². The van der Waals surface area contributed by atoms with Gasteiger partial charge in [0.1, 0.15) is 0 Å². The Bertz CT molecular complexity index is 134. The van der Waals surface area contributed by atoms with Crippen molar-refractivity contribution in [1.82, 2.24) is 0 Å². The second kappa shape index (κ2) is 5.32. The summed E-state index contributed by atoms with van der Waals surface area (Å²) in [6.45, 7) is 0. The van der Waals surface area contributed by atoms with E-state index in [-0.39, 0.29) is 19.5 Å². The Morgan fingerprint density at radius 3 is 1.90 bits per heavy atom. The van der Waals surface area contributed by atoms with E-state index in [1.54, 1.807) is 0 Å². The van der Waals surface area contributed by atoms with Crippen molar-refractivity contribution in [3.05, 3.63) is 0 Å². The van der Waals surface area contributed by atoms with Gasteiger partial charge in [0.15, 0.2) is 0 Å². The number of hydrogen-bond acceptors (Lipinski definition) is 5. The van der Waals surface area contributed by atoms with Crippen molar-refractivity contribution in [3.8, 4) is 0 Å². The third kappa shape index (κ3) is 5.66. The van der Waals surface area contributed by atoms with Crippen LogP contribution in [0, 0.1) is 0 Å². The molecular formula is C4H4O5Zn. The van der Waals surface area contributed by atoms with E-state index in [0.29, 0.717) is 0 Å². The Kier molecular flexibility index (Phi) is 6.50. The van der Waals surface area contributed by atoms with Crippen LogP contribution in [0.1, 0.15) is 6.42 Å². The summed E-state index contributed by atoms with van der Waals surface area (Å²) in [5, 5.41) is 27.3. The number of carbonyl (C=O) groups excluding carboxylic acids is 2. The molecule has 0 amide bonds. The molecule has 0 saturated carbocycles. The summed E-state index contributed by atoms with van der Waals surface area (Å²) >= 11 is 0. The quantitative estimate of drug-likeness (QED) is 0.468. The summed E-state index contributed by atoms with van der Waals surface area (Å²) in [6.07, 6.45) is -2.89. The Morgan fingerprint density at radius 2 is 1.80 bits per heavy atom. The fourth-order valence-corrected chi connectivity index (χ4v) is 0.241. The van der Waals surface area contributed by atoms with E-state index in [0.717, 1.165) is 0 Å². The molecule has 0 spiro atoms. The minimum absolute atomic E-state index is 0. The summed E-state index contributed by atoms with van der Waals surface area (Å²) in [6, 6.07) is 0. The topological polar surface area (TPSA) is 100 Å². The molecule has 0 bridgehead atoms. The first-order valence-electron chi connectivity index (χ1n) is 2.13. The maximum Gasteiger partial charge on any atom is 2.00 e. The molecule has 0 aliphatic rings. The number of hydrogen-bond donors (Lipinski definition) is 1. The molecule has 0 aliphatic carbocycles. The summed E-state index contributed by atoms with van der Waals surface area (Å²) in [5.74, 6) is -3.43. The van der Waals surface area contributed by atoms with E-state index < -0.39 is 24.5 Å². The minimum atomic E-state index is -1.96. The van der Waals surface area contributed by atoms with Crippen molar-refractivity contribution >= 4 is 11.9 Å². The Morgan fingerprint density at radius 1 is 1.40 bits per heavy atom. The van der Waals surface area contributed by atoms with Crippen LogP contribution >= 0.6 is 0 Å². The molecule has 0 rings (SSSR count). The summed E-state index contributed by atoms with van der Waals surface area (Å²) in [7, 11) is 0. The Hall–Kier alpha value is -0.477. The van der Waals surface area contributed by atoms with Gasteiger partial charge in [0.2, 0.25) is 0 Å². The monoisotopic (exact) mass is 196 g/mol. The molecule has 52 valence electrons. The van der Waals surface area contributed by atoms with Gasteiger partial charge >= 0.3 is 19.5 Å². The van der Waals surface area contributed by atoms with E-state index in [1.165, 1.54) is 0 Å².